The van der Waals surface area contributed by atoms with Crippen molar-refractivity contribution in [1.82, 2.24) is 15.0 Å². The van der Waals surface area contributed by atoms with Gasteiger partial charge in [0.2, 0.25) is 0 Å². The van der Waals surface area contributed by atoms with Crippen LogP contribution in [-0.4, -0.2) is 47.2 Å². The van der Waals surface area contributed by atoms with E-state index in [9.17, 15) is 9.90 Å². The number of aliphatic hydroxyl groups is 1. The molecule has 0 spiro atoms. The number of thiazole rings is 1. The first-order chi connectivity index (χ1) is 19.3. The average Bonchev–Trinajstić information content (AvgIpc) is 3.64. The molecule has 4 aromatic rings. The third kappa shape index (κ3) is 6.54. The highest BCUT2D eigenvalue weighted by atomic mass is 32.2. The number of nitrogens with one attached hydrogen (secondary N) is 3. The van der Waals surface area contributed by atoms with Crippen LogP contribution < -0.4 is 15.8 Å². The van der Waals surface area contributed by atoms with E-state index in [0.717, 1.165) is 39.4 Å². The predicted molar refractivity (Wildman–Crippen MR) is 161 cm³/mol. The van der Waals surface area contributed by atoms with Gasteiger partial charge in [-0.15, -0.1) is 11.3 Å². The number of hydrogen-bond acceptors (Lipinski definition) is 8. The minimum atomic E-state index is -0.288. The van der Waals surface area contributed by atoms with Gasteiger partial charge in [0.15, 0.2) is 0 Å². The first kappa shape index (κ1) is 28.3. The highest BCUT2D eigenvalue weighted by Gasteiger charge is 2.61. The Bertz CT molecular complexity index is 1480. The van der Waals surface area contributed by atoms with E-state index in [1.807, 2.05) is 73.7 Å². The number of para-hydroxylation sites is 1. The van der Waals surface area contributed by atoms with Crippen molar-refractivity contribution in [3.63, 3.8) is 0 Å². The summed E-state index contributed by atoms with van der Waals surface area (Å²) < 4.78 is 10.4. The van der Waals surface area contributed by atoms with Gasteiger partial charge in [-0.05, 0) is 68.1 Å². The van der Waals surface area contributed by atoms with Crippen LogP contribution in [0.3, 0.4) is 0 Å². The largest absolute Gasteiger partial charge is 0.396 e. The van der Waals surface area contributed by atoms with Crippen molar-refractivity contribution in [3.05, 3.63) is 94.5 Å². The molecule has 8 nitrogen and oxygen atoms in total. The van der Waals surface area contributed by atoms with E-state index in [-0.39, 0.29) is 29.4 Å². The molecule has 2 saturated heterocycles. The number of carbonyl (C=O) groups is 1. The molecular weight excluding hydrogens is 542 g/mol. The second-order valence-corrected chi connectivity index (χ2v) is 12.6. The van der Waals surface area contributed by atoms with Crippen molar-refractivity contribution in [2.45, 2.75) is 36.8 Å². The van der Waals surface area contributed by atoms with Crippen molar-refractivity contribution < 1.29 is 14.6 Å². The molecule has 0 unspecified atom stereocenters. The Morgan fingerprint density at radius 3 is 2.60 bits per heavy atom. The number of amides is 1. The number of hydrogen-bond donors (Lipinski definition) is 5. The quantitative estimate of drug-likeness (QED) is 0.112. The number of aryl methyl sites for hydroxylation is 1. The zero-order valence-electron chi connectivity index (χ0n) is 22.3. The Labute approximate surface area is 242 Å². The van der Waals surface area contributed by atoms with Gasteiger partial charge in [0.05, 0.1) is 35.6 Å². The number of nitrogens with two attached hydrogens (primary N) is 1. The Balaban J connectivity index is 0.000000274. The number of nitrogens with zero attached hydrogens (tertiary/aromatic N) is 1. The van der Waals surface area contributed by atoms with E-state index in [4.69, 9.17) is 15.9 Å². The van der Waals surface area contributed by atoms with E-state index in [1.54, 1.807) is 11.3 Å². The van der Waals surface area contributed by atoms with Crippen LogP contribution in [0.4, 0.5) is 0 Å². The molecule has 0 atom stereocenters. The highest BCUT2D eigenvalue weighted by molar-refractivity contribution is 7.97. The van der Waals surface area contributed by atoms with Crippen molar-refractivity contribution in [2.75, 3.05) is 19.8 Å². The van der Waals surface area contributed by atoms with E-state index in [1.165, 1.54) is 16.6 Å². The summed E-state index contributed by atoms with van der Waals surface area (Å²) in [6.45, 7) is 3.87. The third-order valence-corrected chi connectivity index (χ3v) is 8.98. The fourth-order valence-corrected chi connectivity index (χ4v) is 6.90. The fourth-order valence-electron chi connectivity index (χ4n) is 5.19. The lowest BCUT2D eigenvalue weighted by Gasteiger charge is -2.43. The molecule has 6 N–H and O–H groups in total. The fraction of sp³-hybridized carbons (Fsp3) is 0.300. The Kier molecular flexibility index (Phi) is 8.53. The van der Waals surface area contributed by atoms with E-state index >= 15 is 0 Å². The lowest BCUT2D eigenvalue weighted by molar-refractivity contribution is -0.0256. The van der Waals surface area contributed by atoms with Gasteiger partial charge in [0, 0.05) is 28.0 Å². The van der Waals surface area contributed by atoms with Crippen LogP contribution in [-0.2, 0) is 11.3 Å². The SMILES string of the molecule is Cc1cccc(C(=N)N)c1.O=C(NCC12CC(CO)(CO1)C2)c1cccc(SNCc2nc3ccccc3s2)c1. The second-order valence-electron chi connectivity index (χ2n) is 10.5. The molecule has 40 heavy (non-hydrogen) atoms. The maximum absolute atomic E-state index is 12.6. The third-order valence-electron chi connectivity index (χ3n) is 7.16. The number of aliphatic hydroxyl groups excluding tert-OH is 1. The number of amidine groups is 1. The normalized spacial score (nSPS) is 20.9. The molecule has 1 aromatic heterocycles. The maximum atomic E-state index is 12.6. The number of benzene rings is 3. The zero-order chi connectivity index (χ0) is 28.2. The van der Waals surface area contributed by atoms with Crippen molar-refractivity contribution in [2.24, 2.45) is 11.1 Å². The molecule has 1 amide bonds. The van der Waals surface area contributed by atoms with Crippen molar-refractivity contribution in [3.8, 4) is 0 Å². The standard InChI is InChI=1S/C22H23N3O3S2.C8H10N2/c26-13-21-10-22(11-21,28-14-21)12-23-20(27)15-4-3-5-16(8-15)30-24-9-19-25-17-6-1-2-7-18(17)29-19;1-6-3-2-4-7(5-6)8(9)10/h1-8,24,26H,9-14H2,(H,23,27);2-5H,1H3,(H3,9,10). The minimum absolute atomic E-state index is 0.0732. The molecule has 2 aliphatic heterocycles. The topological polar surface area (TPSA) is 133 Å². The molecule has 208 valence electrons. The molecule has 0 radical (unpaired) electrons. The molecule has 1 aliphatic carbocycles. The molecule has 3 aliphatic rings. The van der Waals surface area contributed by atoms with E-state index in [2.05, 4.69) is 21.1 Å². The summed E-state index contributed by atoms with van der Waals surface area (Å²) in [4.78, 5) is 18.2. The Hall–Kier alpha value is -3.28. The summed E-state index contributed by atoms with van der Waals surface area (Å²) in [5.41, 5.74) is 8.48. The van der Waals surface area contributed by atoms with Crippen LogP contribution in [0.15, 0.2) is 77.7 Å². The number of rotatable bonds is 9. The maximum Gasteiger partial charge on any atom is 0.251 e. The van der Waals surface area contributed by atoms with Crippen LogP contribution in [0.1, 0.15) is 39.3 Å². The van der Waals surface area contributed by atoms with Crippen molar-refractivity contribution in [1.29, 1.82) is 5.41 Å². The summed E-state index contributed by atoms with van der Waals surface area (Å²) >= 11 is 3.18. The molecule has 10 heteroatoms. The Morgan fingerprint density at radius 2 is 1.90 bits per heavy atom. The van der Waals surface area contributed by atoms with Gasteiger partial charge in [0.25, 0.3) is 5.91 Å². The van der Waals surface area contributed by atoms with Gasteiger partial charge in [-0.25, -0.2) is 4.98 Å². The summed E-state index contributed by atoms with van der Waals surface area (Å²) in [6, 6.07) is 23.3. The number of nitrogen functional groups attached to an aromatic ring is 1. The molecule has 3 fully saturated rings. The summed E-state index contributed by atoms with van der Waals surface area (Å²) in [5.74, 6) is 0.0266. The molecular formula is C30H33N5O3S2. The number of fused-ring (bicyclic) bond motifs is 2. The lowest BCUT2D eigenvalue weighted by Crippen LogP contribution is -2.52. The van der Waals surface area contributed by atoms with Crippen LogP contribution in [0.2, 0.25) is 0 Å². The van der Waals surface area contributed by atoms with Gasteiger partial charge < -0.3 is 20.9 Å². The number of carbonyl (C=O) groups excluding carboxylic acids is 1. The molecule has 3 heterocycles. The molecule has 1 saturated carbocycles. The van der Waals surface area contributed by atoms with E-state index < -0.39 is 0 Å². The molecule has 2 bridgehead atoms. The van der Waals surface area contributed by atoms with E-state index in [0.29, 0.717) is 25.3 Å². The monoisotopic (exact) mass is 575 g/mol. The summed E-state index contributed by atoms with van der Waals surface area (Å²) in [5, 5.41) is 20.6. The molecule has 7 rings (SSSR count). The minimum Gasteiger partial charge on any atom is -0.396 e. The Morgan fingerprint density at radius 1 is 1.12 bits per heavy atom. The summed E-state index contributed by atoms with van der Waals surface area (Å²) in [6.07, 6.45) is 1.64. The predicted octanol–water partition coefficient (Wildman–Crippen LogP) is 4.64. The van der Waals surface area contributed by atoms with Crippen molar-refractivity contribution >= 4 is 45.2 Å². The van der Waals surface area contributed by atoms with Gasteiger partial charge >= 0.3 is 0 Å². The second kappa shape index (κ2) is 12.1. The van der Waals surface area contributed by atoms with Gasteiger partial charge in [-0.3, -0.25) is 14.9 Å². The zero-order valence-corrected chi connectivity index (χ0v) is 23.9. The van der Waals surface area contributed by atoms with Gasteiger partial charge in [0.1, 0.15) is 10.8 Å². The first-order valence-electron chi connectivity index (χ1n) is 13.1. The highest BCUT2D eigenvalue weighted by Crippen LogP contribution is 2.57. The summed E-state index contributed by atoms with van der Waals surface area (Å²) in [7, 11) is 0. The van der Waals surface area contributed by atoms with Gasteiger partial charge in [-0.2, -0.15) is 0 Å². The number of ether oxygens (including phenoxy) is 1. The van der Waals surface area contributed by atoms with Gasteiger partial charge in [-0.1, -0.05) is 42.0 Å². The number of aromatic nitrogens is 1. The van der Waals surface area contributed by atoms with Crippen LogP contribution in [0, 0.1) is 17.7 Å². The average molecular weight is 576 g/mol. The smallest absolute Gasteiger partial charge is 0.251 e. The van der Waals surface area contributed by atoms with Crippen LogP contribution in [0.5, 0.6) is 0 Å². The lowest BCUT2D eigenvalue weighted by atomic mass is 9.63. The van der Waals surface area contributed by atoms with Crippen LogP contribution in [0.25, 0.3) is 10.2 Å². The molecule has 3 aromatic carbocycles. The van der Waals surface area contributed by atoms with Crippen LogP contribution >= 0.6 is 23.3 Å². The first-order valence-corrected chi connectivity index (χ1v) is 14.7.